The third kappa shape index (κ3) is 2.90. The highest BCUT2D eigenvalue weighted by Gasteiger charge is 2.06. The highest BCUT2D eigenvalue weighted by Crippen LogP contribution is 2.22. The van der Waals surface area contributed by atoms with Gasteiger partial charge in [0.1, 0.15) is 16.7 Å². The SMILES string of the molecule is CN(C)CCCOc1cccc2occc(=O)c12. The molecule has 0 radical (unpaired) electrons. The number of hydrogen-bond donors (Lipinski definition) is 0. The van der Waals surface area contributed by atoms with Crippen LogP contribution in [0.15, 0.2) is 39.7 Å². The van der Waals surface area contributed by atoms with Gasteiger partial charge >= 0.3 is 0 Å². The van der Waals surface area contributed by atoms with Gasteiger partial charge in [0.15, 0.2) is 5.43 Å². The first-order chi connectivity index (χ1) is 8.68. The minimum absolute atomic E-state index is 0.0699. The number of ether oxygens (including phenoxy) is 1. The summed E-state index contributed by atoms with van der Waals surface area (Å²) < 4.78 is 11.0. The molecule has 2 aromatic rings. The molecule has 0 spiro atoms. The average molecular weight is 247 g/mol. The molecule has 2 rings (SSSR count). The molecule has 0 aliphatic carbocycles. The van der Waals surface area contributed by atoms with E-state index in [9.17, 15) is 4.79 Å². The van der Waals surface area contributed by atoms with Crippen LogP contribution in [0.1, 0.15) is 6.42 Å². The summed E-state index contributed by atoms with van der Waals surface area (Å²) in [5.74, 6) is 0.598. The topological polar surface area (TPSA) is 42.7 Å². The molecule has 0 atom stereocenters. The van der Waals surface area contributed by atoms with Crippen molar-refractivity contribution in [1.82, 2.24) is 4.90 Å². The van der Waals surface area contributed by atoms with Crippen LogP contribution in [0.2, 0.25) is 0 Å². The number of fused-ring (bicyclic) bond motifs is 1. The van der Waals surface area contributed by atoms with Crippen LogP contribution in [0.3, 0.4) is 0 Å². The first kappa shape index (κ1) is 12.6. The van der Waals surface area contributed by atoms with Crippen LogP contribution < -0.4 is 10.2 Å². The van der Waals surface area contributed by atoms with Crippen molar-refractivity contribution in [3.05, 3.63) is 40.8 Å². The predicted molar refractivity (Wildman–Crippen MR) is 71.2 cm³/mol. The lowest BCUT2D eigenvalue weighted by molar-refractivity contribution is 0.284. The maximum atomic E-state index is 11.8. The van der Waals surface area contributed by atoms with Gasteiger partial charge in [0.25, 0.3) is 0 Å². The monoisotopic (exact) mass is 247 g/mol. The molecule has 1 aromatic carbocycles. The van der Waals surface area contributed by atoms with Gasteiger partial charge in [-0.3, -0.25) is 4.79 Å². The molecular formula is C14H17NO3. The number of nitrogens with zero attached hydrogens (tertiary/aromatic N) is 1. The third-order valence-corrected chi connectivity index (χ3v) is 2.66. The number of benzene rings is 1. The average Bonchev–Trinajstić information content (AvgIpc) is 2.34. The fourth-order valence-corrected chi connectivity index (χ4v) is 1.79. The summed E-state index contributed by atoms with van der Waals surface area (Å²) >= 11 is 0. The molecule has 18 heavy (non-hydrogen) atoms. The van der Waals surface area contributed by atoms with Crippen molar-refractivity contribution in [2.45, 2.75) is 6.42 Å². The Labute approximate surface area is 106 Å². The molecule has 4 heteroatoms. The molecule has 0 fully saturated rings. The van der Waals surface area contributed by atoms with Crippen LogP contribution in [0.5, 0.6) is 5.75 Å². The van der Waals surface area contributed by atoms with E-state index in [-0.39, 0.29) is 5.43 Å². The highest BCUT2D eigenvalue weighted by atomic mass is 16.5. The quantitative estimate of drug-likeness (QED) is 0.759. The van der Waals surface area contributed by atoms with Gasteiger partial charge in [-0.1, -0.05) is 6.07 Å². The molecule has 4 nitrogen and oxygen atoms in total. The summed E-state index contributed by atoms with van der Waals surface area (Å²) in [6.45, 7) is 1.55. The molecular weight excluding hydrogens is 230 g/mol. The second-order valence-corrected chi connectivity index (χ2v) is 4.42. The second kappa shape index (κ2) is 5.69. The zero-order valence-electron chi connectivity index (χ0n) is 10.7. The standard InChI is InChI=1S/C14H17NO3/c1-15(2)8-4-9-17-12-5-3-6-13-14(12)11(16)7-10-18-13/h3,5-7,10H,4,8-9H2,1-2H3. The van der Waals surface area contributed by atoms with Crippen LogP contribution in [0.4, 0.5) is 0 Å². The molecule has 0 saturated heterocycles. The van der Waals surface area contributed by atoms with E-state index in [0.717, 1.165) is 13.0 Å². The van der Waals surface area contributed by atoms with Crippen molar-refractivity contribution in [3.63, 3.8) is 0 Å². The van der Waals surface area contributed by atoms with Gasteiger partial charge in [-0.05, 0) is 32.6 Å². The van der Waals surface area contributed by atoms with E-state index in [1.807, 2.05) is 20.2 Å². The van der Waals surface area contributed by atoms with Crippen molar-refractivity contribution in [3.8, 4) is 5.75 Å². The number of rotatable bonds is 5. The van der Waals surface area contributed by atoms with E-state index in [2.05, 4.69) is 4.90 Å². The zero-order chi connectivity index (χ0) is 13.0. The third-order valence-electron chi connectivity index (χ3n) is 2.66. The summed E-state index contributed by atoms with van der Waals surface area (Å²) in [6.07, 6.45) is 2.32. The van der Waals surface area contributed by atoms with Gasteiger partial charge in [-0.15, -0.1) is 0 Å². The van der Waals surface area contributed by atoms with Gasteiger partial charge in [0.2, 0.25) is 0 Å². The minimum Gasteiger partial charge on any atom is -0.493 e. The maximum Gasteiger partial charge on any atom is 0.196 e. The molecule has 0 aliphatic heterocycles. The Hall–Kier alpha value is -1.81. The van der Waals surface area contributed by atoms with Crippen LogP contribution in [0.25, 0.3) is 11.0 Å². The maximum absolute atomic E-state index is 11.8. The van der Waals surface area contributed by atoms with Crippen molar-refractivity contribution in [2.24, 2.45) is 0 Å². The Morgan fingerprint density at radius 2 is 2.11 bits per heavy atom. The molecule has 96 valence electrons. The van der Waals surface area contributed by atoms with Gasteiger partial charge in [0, 0.05) is 12.6 Å². The van der Waals surface area contributed by atoms with Crippen LogP contribution in [-0.2, 0) is 0 Å². The van der Waals surface area contributed by atoms with Gasteiger partial charge in [0.05, 0.1) is 12.9 Å². The van der Waals surface area contributed by atoms with Crippen molar-refractivity contribution < 1.29 is 9.15 Å². The van der Waals surface area contributed by atoms with E-state index < -0.39 is 0 Å². The Morgan fingerprint density at radius 3 is 2.89 bits per heavy atom. The molecule has 0 aliphatic rings. The van der Waals surface area contributed by atoms with Crippen LogP contribution >= 0.6 is 0 Å². The van der Waals surface area contributed by atoms with E-state index in [4.69, 9.17) is 9.15 Å². The summed E-state index contributed by atoms with van der Waals surface area (Å²) in [7, 11) is 4.04. The molecule has 0 unspecified atom stereocenters. The largest absolute Gasteiger partial charge is 0.493 e. The van der Waals surface area contributed by atoms with E-state index in [1.54, 1.807) is 12.1 Å². The normalized spacial score (nSPS) is 11.1. The fourth-order valence-electron chi connectivity index (χ4n) is 1.79. The second-order valence-electron chi connectivity index (χ2n) is 4.42. The smallest absolute Gasteiger partial charge is 0.196 e. The zero-order valence-corrected chi connectivity index (χ0v) is 10.7. The summed E-state index contributed by atoms with van der Waals surface area (Å²) in [5.41, 5.74) is 0.493. The van der Waals surface area contributed by atoms with Crippen LogP contribution in [-0.4, -0.2) is 32.1 Å². The summed E-state index contributed by atoms with van der Waals surface area (Å²) in [4.78, 5) is 13.9. The lowest BCUT2D eigenvalue weighted by Gasteiger charge is -2.11. The van der Waals surface area contributed by atoms with Crippen LogP contribution in [0, 0.1) is 0 Å². The Kier molecular flexibility index (Phi) is 3.99. The van der Waals surface area contributed by atoms with Crippen molar-refractivity contribution >= 4 is 11.0 Å². The molecule has 1 heterocycles. The van der Waals surface area contributed by atoms with E-state index >= 15 is 0 Å². The fraction of sp³-hybridized carbons (Fsp3) is 0.357. The van der Waals surface area contributed by atoms with Crippen molar-refractivity contribution in [2.75, 3.05) is 27.2 Å². The Balaban J connectivity index is 2.16. The first-order valence-corrected chi connectivity index (χ1v) is 5.96. The van der Waals surface area contributed by atoms with Gasteiger partial charge in [-0.2, -0.15) is 0 Å². The molecule has 0 amide bonds. The summed E-state index contributed by atoms with van der Waals surface area (Å²) in [5, 5.41) is 0.518. The minimum atomic E-state index is -0.0699. The van der Waals surface area contributed by atoms with Gasteiger partial charge < -0.3 is 14.1 Å². The Bertz CT molecular complexity index is 569. The number of hydrogen-bond acceptors (Lipinski definition) is 4. The van der Waals surface area contributed by atoms with Gasteiger partial charge in [-0.25, -0.2) is 0 Å². The van der Waals surface area contributed by atoms with Crippen molar-refractivity contribution in [1.29, 1.82) is 0 Å². The molecule has 0 bridgehead atoms. The van der Waals surface area contributed by atoms with E-state index in [0.29, 0.717) is 23.3 Å². The van der Waals surface area contributed by atoms with E-state index in [1.165, 1.54) is 12.3 Å². The summed E-state index contributed by atoms with van der Waals surface area (Å²) in [6, 6.07) is 6.81. The lowest BCUT2D eigenvalue weighted by atomic mass is 10.2. The lowest BCUT2D eigenvalue weighted by Crippen LogP contribution is -2.15. The molecule has 0 saturated carbocycles. The molecule has 0 N–H and O–H groups in total. The highest BCUT2D eigenvalue weighted by molar-refractivity contribution is 5.82. The predicted octanol–water partition coefficient (Wildman–Crippen LogP) is 2.12. The first-order valence-electron chi connectivity index (χ1n) is 5.96. The Morgan fingerprint density at radius 1 is 1.28 bits per heavy atom. The molecule has 1 aromatic heterocycles.